The van der Waals surface area contributed by atoms with Crippen LogP contribution in [0.15, 0.2) is 78.2 Å². The summed E-state index contributed by atoms with van der Waals surface area (Å²) in [5.41, 5.74) is 2.33. The Morgan fingerprint density at radius 3 is 2.15 bits per heavy atom. The van der Waals surface area contributed by atoms with Gasteiger partial charge in [0, 0.05) is 30.6 Å². The molecule has 7 nitrogen and oxygen atoms in total. The molecule has 0 aromatic heterocycles. The van der Waals surface area contributed by atoms with E-state index in [0.717, 1.165) is 23.3 Å². The second kappa shape index (κ2) is 13.0. The van der Waals surface area contributed by atoms with Crippen LogP contribution in [0.5, 0.6) is 23.0 Å². The molecule has 2 atom stereocenters. The van der Waals surface area contributed by atoms with Gasteiger partial charge in [-0.25, -0.2) is 0 Å². The first-order valence-corrected chi connectivity index (χ1v) is 12.3. The molecule has 214 valence electrons. The summed E-state index contributed by atoms with van der Waals surface area (Å²) in [4.78, 5) is 11.6. The lowest BCUT2D eigenvalue weighted by Crippen LogP contribution is -2.41. The first kappa shape index (κ1) is 30.6. The van der Waals surface area contributed by atoms with Gasteiger partial charge in [0.2, 0.25) is 5.75 Å². The molecule has 0 fully saturated rings. The molecule has 0 spiro atoms. The van der Waals surface area contributed by atoms with Gasteiger partial charge in [-0.15, -0.1) is 24.8 Å². The Kier molecular flexibility index (Phi) is 9.94. The molecule has 1 N–H and O–H groups in total. The molecule has 0 saturated carbocycles. The minimum absolute atomic E-state index is 0.185. The minimum atomic E-state index is -4.81. The second-order valence-corrected chi connectivity index (χ2v) is 9.53. The molecular weight excluding hydrogens is 551 g/mol. The van der Waals surface area contributed by atoms with Gasteiger partial charge in [-0.05, 0) is 60.5 Å². The zero-order valence-electron chi connectivity index (χ0n) is 22.5. The van der Waals surface area contributed by atoms with E-state index in [1.807, 2.05) is 24.3 Å². The number of allylic oxidation sites excluding steroid dienone is 4. The van der Waals surface area contributed by atoms with E-state index in [1.165, 1.54) is 52.8 Å². The Hall–Kier alpha value is -3.89. The first-order chi connectivity index (χ1) is 18.9. The molecule has 2 aromatic carbocycles. The van der Waals surface area contributed by atoms with E-state index in [0.29, 0.717) is 22.9 Å². The third-order valence-corrected chi connectivity index (χ3v) is 6.12. The average molecular weight is 580 g/mol. The number of nitrogens with one attached hydrogen (secondary N) is 1. The number of ketones is 1. The molecule has 0 saturated heterocycles. The highest BCUT2D eigenvalue weighted by atomic mass is 35.5. The maximum absolute atomic E-state index is 12.5. The van der Waals surface area contributed by atoms with Gasteiger partial charge in [0.1, 0.15) is 11.9 Å². The number of carbonyl (C=O) groups excluding carboxylic acids is 1. The molecule has 0 bridgehead atoms. The molecular formula is C29H29ClF3NO6. The van der Waals surface area contributed by atoms with Gasteiger partial charge in [0.15, 0.2) is 17.3 Å². The monoisotopic (exact) mass is 579 g/mol. The highest BCUT2D eigenvalue weighted by molar-refractivity contribution is 6.26. The number of benzene rings is 2. The molecule has 40 heavy (non-hydrogen) atoms. The van der Waals surface area contributed by atoms with E-state index in [2.05, 4.69) is 10.1 Å². The SMILES string of the molecule is COc1cc(/C=C\C2=CC(C)(Cl)C(OC)C(N/C=C\C(=O)c3ccc(OC(F)(F)F)cc3)=C2)cc(OC)c1OC. The standard InChI is InChI=1S/C29H29ClF3NO6/c1-28(30)17-19(7-6-18-15-24(36-2)26(38-4)25(16-18)37-3)14-22(27(28)39-5)34-13-12-23(35)20-8-10-21(11-9-20)40-29(31,32)33/h6-17,27,34H,1-5H3/b7-6-,13-12-. The summed E-state index contributed by atoms with van der Waals surface area (Å²) in [7, 11) is 6.12. The van der Waals surface area contributed by atoms with E-state index >= 15 is 0 Å². The van der Waals surface area contributed by atoms with Crippen LogP contribution in [0.25, 0.3) is 6.08 Å². The van der Waals surface area contributed by atoms with Crippen LogP contribution >= 0.6 is 11.6 Å². The highest BCUT2D eigenvalue weighted by Crippen LogP contribution is 2.39. The molecule has 0 radical (unpaired) electrons. The number of carbonyl (C=O) groups is 1. The average Bonchev–Trinajstić information content (AvgIpc) is 2.90. The van der Waals surface area contributed by atoms with Crippen molar-refractivity contribution < 1.29 is 41.7 Å². The van der Waals surface area contributed by atoms with Gasteiger partial charge < -0.3 is 29.0 Å². The smallest absolute Gasteiger partial charge is 0.493 e. The van der Waals surface area contributed by atoms with Crippen molar-refractivity contribution in [3.63, 3.8) is 0 Å². The molecule has 11 heteroatoms. The van der Waals surface area contributed by atoms with E-state index in [9.17, 15) is 18.0 Å². The third-order valence-electron chi connectivity index (χ3n) is 5.81. The summed E-state index contributed by atoms with van der Waals surface area (Å²) >= 11 is 6.79. The number of alkyl halides is 4. The van der Waals surface area contributed by atoms with Crippen molar-refractivity contribution in [1.29, 1.82) is 0 Å². The van der Waals surface area contributed by atoms with Crippen molar-refractivity contribution in [3.05, 3.63) is 89.3 Å². The van der Waals surface area contributed by atoms with Crippen LogP contribution in [-0.2, 0) is 4.74 Å². The van der Waals surface area contributed by atoms with Crippen molar-refractivity contribution in [2.24, 2.45) is 0 Å². The van der Waals surface area contributed by atoms with E-state index < -0.39 is 28.9 Å². The van der Waals surface area contributed by atoms with Crippen LogP contribution in [0.4, 0.5) is 13.2 Å². The second-order valence-electron chi connectivity index (χ2n) is 8.72. The summed E-state index contributed by atoms with van der Waals surface area (Å²) in [6, 6.07) is 8.24. The Balaban J connectivity index is 1.79. The molecule has 3 rings (SSSR count). The zero-order chi connectivity index (χ0) is 29.5. The van der Waals surface area contributed by atoms with E-state index in [1.54, 1.807) is 19.1 Å². The molecule has 0 amide bonds. The molecule has 0 heterocycles. The highest BCUT2D eigenvalue weighted by Gasteiger charge is 2.36. The van der Waals surface area contributed by atoms with Gasteiger partial charge in [-0.2, -0.15) is 0 Å². The largest absolute Gasteiger partial charge is 0.573 e. The van der Waals surface area contributed by atoms with Gasteiger partial charge in [0.25, 0.3) is 0 Å². The van der Waals surface area contributed by atoms with Crippen LogP contribution in [0.3, 0.4) is 0 Å². The number of hydrogen-bond acceptors (Lipinski definition) is 7. The van der Waals surface area contributed by atoms with E-state index in [-0.39, 0.29) is 5.56 Å². The Morgan fingerprint density at radius 2 is 1.62 bits per heavy atom. The first-order valence-electron chi connectivity index (χ1n) is 11.9. The van der Waals surface area contributed by atoms with E-state index in [4.69, 9.17) is 30.5 Å². The van der Waals surface area contributed by atoms with Gasteiger partial charge >= 0.3 is 6.36 Å². The Bertz CT molecular complexity index is 1310. The molecule has 0 aliphatic heterocycles. The summed E-state index contributed by atoms with van der Waals surface area (Å²) in [5, 5.41) is 3.05. The lowest BCUT2D eigenvalue weighted by Gasteiger charge is -2.34. The Labute approximate surface area is 235 Å². The van der Waals surface area contributed by atoms with Crippen molar-refractivity contribution >= 4 is 23.5 Å². The number of hydrogen-bond donors (Lipinski definition) is 1. The predicted molar refractivity (Wildman–Crippen MR) is 146 cm³/mol. The summed E-state index contributed by atoms with van der Waals surface area (Å²) in [5.74, 6) is 0.658. The van der Waals surface area contributed by atoms with Crippen molar-refractivity contribution in [2.75, 3.05) is 28.4 Å². The van der Waals surface area contributed by atoms with Crippen LogP contribution in [0, 0.1) is 0 Å². The number of halogens is 4. The zero-order valence-corrected chi connectivity index (χ0v) is 23.2. The van der Waals surface area contributed by atoms with Crippen LogP contribution in [0.2, 0.25) is 0 Å². The lowest BCUT2D eigenvalue weighted by atomic mass is 9.91. The fourth-order valence-electron chi connectivity index (χ4n) is 4.09. The number of rotatable bonds is 11. The van der Waals surface area contributed by atoms with Crippen LogP contribution < -0.4 is 24.3 Å². The van der Waals surface area contributed by atoms with Crippen molar-refractivity contribution in [3.8, 4) is 23.0 Å². The summed E-state index contributed by atoms with van der Waals surface area (Å²) < 4.78 is 62.7. The van der Waals surface area contributed by atoms with Crippen LogP contribution in [-0.4, -0.2) is 51.6 Å². The maximum atomic E-state index is 12.5. The maximum Gasteiger partial charge on any atom is 0.573 e. The van der Waals surface area contributed by atoms with Gasteiger partial charge in [0.05, 0.1) is 26.2 Å². The van der Waals surface area contributed by atoms with Gasteiger partial charge in [-0.3, -0.25) is 4.79 Å². The quantitative estimate of drug-likeness (QED) is 0.186. The van der Waals surface area contributed by atoms with Crippen molar-refractivity contribution in [1.82, 2.24) is 5.32 Å². The number of methoxy groups -OCH3 is 4. The molecule has 2 aromatic rings. The minimum Gasteiger partial charge on any atom is -0.493 e. The topological polar surface area (TPSA) is 75.3 Å². The van der Waals surface area contributed by atoms with Crippen molar-refractivity contribution in [2.45, 2.75) is 24.3 Å². The van der Waals surface area contributed by atoms with Crippen LogP contribution in [0.1, 0.15) is 22.8 Å². The lowest BCUT2D eigenvalue weighted by molar-refractivity contribution is -0.274. The fourth-order valence-corrected chi connectivity index (χ4v) is 4.43. The predicted octanol–water partition coefficient (Wildman–Crippen LogP) is 6.45. The summed E-state index contributed by atoms with van der Waals surface area (Å²) in [6.07, 6.45) is 4.68. The third kappa shape index (κ3) is 7.83. The Morgan fingerprint density at radius 1 is 1.00 bits per heavy atom. The molecule has 1 aliphatic rings. The molecule has 1 aliphatic carbocycles. The normalized spacial score (nSPS) is 19.3. The fraction of sp³-hybridized carbons (Fsp3) is 0.276. The summed E-state index contributed by atoms with van der Waals surface area (Å²) in [6.45, 7) is 1.80. The molecule has 2 unspecified atom stereocenters. The number of ether oxygens (including phenoxy) is 5. The van der Waals surface area contributed by atoms with Gasteiger partial charge in [-0.1, -0.05) is 18.2 Å².